The fraction of sp³-hybridized carbons (Fsp3) is 0.455. The highest BCUT2D eigenvalue weighted by Gasteiger charge is 2.14. The molecule has 5 nitrogen and oxygen atoms in total. The average molecular weight is 330 g/mol. The molecule has 1 aromatic heterocycles. The van der Waals surface area contributed by atoms with E-state index < -0.39 is 12.0 Å². The van der Waals surface area contributed by atoms with Gasteiger partial charge in [-0.2, -0.15) is 0 Å². The van der Waals surface area contributed by atoms with Crippen molar-refractivity contribution in [2.45, 2.75) is 19.1 Å². The summed E-state index contributed by atoms with van der Waals surface area (Å²) >= 11 is 11.4. The summed E-state index contributed by atoms with van der Waals surface area (Å²) in [5, 5.41) is 0.495. The third-order valence-corrected chi connectivity index (χ3v) is 2.53. The molecule has 0 radical (unpaired) electrons. The Hall–Kier alpha value is -0.590. The number of carbonyl (C=O) groups is 1. The van der Waals surface area contributed by atoms with Crippen molar-refractivity contribution < 1.29 is 14.3 Å². The maximum absolute atomic E-state index is 11.5. The van der Waals surface area contributed by atoms with Crippen molar-refractivity contribution in [1.29, 1.82) is 0 Å². The predicted molar refractivity (Wildman–Crippen MR) is 75.8 cm³/mol. The number of hydrogen-bond donors (Lipinski definition) is 1. The molecule has 0 aliphatic rings. The van der Waals surface area contributed by atoms with E-state index in [9.17, 15) is 4.79 Å². The summed E-state index contributed by atoms with van der Waals surface area (Å²) in [6.07, 6.45) is 0.410. The molecule has 2 N–H and O–H groups in total. The van der Waals surface area contributed by atoms with Gasteiger partial charge in [-0.05, 0) is 24.1 Å². The number of aromatic nitrogens is 1. The lowest BCUT2D eigenvalue weighted by atomic mass is 10.2. The first kappa shape index (κ1) is 18.4. The van der Waals surface area contributed by atoms with Gasteiger partial charge in [0.1, 0.15) is 23.0 Å². The van der Waals surface area contributed by atoms with Crippen LogP contribution in [0.5, 0.6) is 0 Å². The maximum atomic E-state index is 11.5. The van der Waals surface area contributed by atoms with Crippen LogP contribution < -0.4 is 5.73 Å². The molecule has 0 aromatic carbocycles. The standard InChI is InChI=1S/C11H14Cl2N2O3.ClH/c1-17-3-2-8(14)11(16)18-6-7-4-9(12)15-10(13)5-7;/h4-5,8H,2-3,6,14H2,1H3;1H/t8-;/m0./s1. The van der Waals surface area contributed by atoms with Crippen molar-refractivity contribution >= 4 is 41.6 Å². The molecule has 19 heavy (non-hydrogen) atoms. The first-order valence-electron chi connectivity index (χ1n) is 5.26. The number of nitrogens with two attached hydrogens (primary N) is 1. The summed E-state index contributed by atoms with van der Waals surface area (Å²) in [7, 11) is 1.54. The Kier molecular flexibility index (Phi) is 9.05. The van der Waals surface area contributed by atoms with Crippen LogP contribution in [0.25, 0.3) is 0 Å². The van der Waals surface area contributed by atoms with Gasteiger partial charge in [0.2, 0.25) is 0 Å². The molecule has 1 atom stereocenters. The molecule has 0 saturated heterocycles. The van der Waals surface area contributed by atoms with E-state index in [0.29, 0.717) is 18.6 Å². The summed E-state index contributed by atoms with van der Waals surface area (Å²) < 4.78 is 9.86. The topological polar surface area (TPSA) is 74.4 Å². The Morgan fingerprint density at radius 1 is 1.42 bits per heavy atom. The molecule has 0 unspecified atom stereocenters. The van der Waals surface area contributed by atoms with Crippen LogP contribution in [0.2, 0.25) is 10.3 Å². The van der Waals surface area contributed by atoms with Gasteiger partial charge in [-0.3, -0.25) is 4.79 Å². The second-order valence-corrected chi connectivity index (χ2v) is 4.39. The fourth-order valence-corrected chi connectivity index (χ4v) is 1.73. The third-order valence-electron chi connectivity index (χ3n) is 2.14. The molecule has 0 amide bonds. The van der Waals surface area contributed by atoms with Crippen molar-refractivity contribution in [3.8, 4) is 0 Å². The zero-order valence-electron chi connectivity index (χ0n) is 10.3. The monoisotopic (exact) mass is 328 g/mol. The molecular weight excluding hydrogens is 314 g/mol. The van der Waals surface area contributed by atoms with Gasteiger partial charge in [0.25, 0.3) is 0 Å². The number of esters is 1. The van der Waals surface area contributed by atoms with Gasteiger partial charge in [-0.15, -0.1) is 12.4 Å². The number of nitrogens with zero attached hydrogens (tertiary/aromatic N) is 1. The first-order valence-corrected chi connectivity index (χ1v) is 6.01. The lowest BCUT2D eigenvalue weighted by Crippen LogP contribution is -2.33. The minimum absolute atomic E-state index is 0. The van der Waals surface area contributed by atoms with Gasteiger partial charge in [-0.1, -0.05) is 23.2 Å². The highest BCUT2D eigenvalue weighted by Crippen LogP contribution is 2.15. The minimum atomic E-state index is -0.697. The summed E-state index contributed by atoms with van der Waals surface area (Å²) in [5.41, 5.74) is 6.27. The Bertz CT molecular complexity index is 398. The number of carbonyl (C=O) groups excluding carboxylic acids is 1. The lowest BCUT2D eigenvalue weighted by molar-refractivity contribution is -0.147. The molecule has 0 aliphatic heterocycles. The zero-order valence-corrected chi connectivity index (χ0v) is 12.6. The fourth-order valence-electron chi connectivity index (χ4n) is 1.22. The molecule has 0 bridgehead atoms. The summed E-state index contributed by atoms with van der Waals surface area (Å²) in [4.78, 5) is 15.3. The van der Waals surface area contributed by atoms with E-state index in [2.05, 4.69) is 4.98 Å². The van der Waals surface area contributed by atoms with Crippen molar-refractivity contribution in [3.05, 3.63) is 28.0 Å². The van der Waals surface area contributed by atoms with Crippen molar-refractivity contribution in [1.82, 2.24) is 4.98 Å². The zero-order chi connectivity index (χ0) is 13.5. The predicted octanol–water partition coefficient (Wildman–Crippen LogP) is 2.22. The molecule has 1 rings (SSSR count). The van der Waals surface area contributed by atoms with Crippen LogP contribution >= 0.6 is 35.6 Å². The molecule has 0 spiro atoms. The van der Waals surface area contributed by atoms with Crippen LogP contribution in [0, 0.1) is 0 Å². The van der Waals surface area contributed by atoms with E-state index in [0.717, 1.165) is 0 Å². The van der Waals surface area contributed by atoms with Gasteiger partial charge in [0.05, 0.1) is 0 Å². The molecule has 0 aliphatic carbocycles. The van der Waals surface area contributed by atoms with Gasteiger partial charge in [-0.25, -0.2) is 4.98 Å². The van der Waals surface area contributed by atoms with Crippen LogP contribution in [0.3, 0.4) is 0 Å². The highest BCUT2D eigenvalue weighted by atomic mass is 35.5. The number of methoxy groups -OCH3 is 1. The Morgan fingerprint density at radius 3 is 2.53 bits per heavy atom. The quantitative estimate of drug-likeness (QED) is 0.640. The number of pyridine rings is 1. The first-order chi connectivity index (χ1) is 8.52. The lowest BCUT2D eigenvalue weighted by Gasteiger charge is -2.11. The highest BCUT2D eigenvalue weighted by molar-refractivity contribution is 6.32. The normalized spacial score (nSPS) is 11.6. The largest absolute Gasteiger partial charge is 0.460 e. The third kappa shape index (κ3) is 6.94. The molecule has 1 heterocycles. The number of ether oxygens (including phenoxy) is 2. The van der Waals surface area contributed by atoms with Crippen LogP contribution in [-0.2, 0) is 20.9 Å². The Labute approximate surface area is 127 Å². The average Bonchev–Trinajstić information content (AvgIpc) is 2.31. The minimum Gasteiger partial charge on any atom is -0.460 e. The number of rotatable bonds is 6. The Morgan fingerprint density at radius 2 is 2.00 bits per heavy atom. The van der Waals surface area contributed by atoms with Crippen LogP contribution in [-0.4, -0.2) is 30.7 Å². The van der Waals surface area contributed by atoms with Crippen molar-refractivity contribution in [2.24, 2.45) is 5.73 Å². The smallest absolute Gasteiger partial charge is 0.323 e. The number of halogens is 3. The summed E-state index contributed by atoms with van der Waals surface area (Å²) in [5.74, 6) is -0.490. The molecule has 8 heteroatoms. The van der Waals surface area contributed by atoms with Gasteiger partial charge in [0.15, 0.2) is 0 Å². The van der Waals surface area contributed by atoms with Crippen LogP contribution in [0.1, 0.15) is 12.0 Å². The second kappa shape index (κ2) is 9.34. The SMILES string of the molecule is COCC[C@H](N)C(=O)OCc1cc(Cl)nc(Cl)c1.Cl. The molecule has 0 saturated carbocycles. The summed E-state index contributed by atoms with van der Waals surface area (Å²) in [6, 6.07) is 2.45. The van der Waals surface area contributed by atoms with Crippen LogP contribution in [0.4, 0.5) is 0 Å². The summed E-state index contributed by atoms with van der Waals surface area (Å²) in [6.45, 7) is 0.463. The molecule has 1 aromatic rings. The van der Waals surface area contributed by atoms with E-state index in [4.69, 9.17) is 38.4 Å². The van der Waals surface area contributed by atoms with E-state index >= 15 is 0 Å². The molecular formula is C11H15Cl3N2O3. The van der Waals surface area contributed by atoms with E-state index in [1.807, 2.05) is 0 Å². The molecule has 0 fully saturated rings. The van der Waals surface area contributed by atoms with E-state index in [-0.39, 0.29) is 29.3 Å². The van der Waals surface area contributed by atoms with Crippen LogP contribution in [0.15, 0.2) is 12.1 Å². The number of hydrogen-bond acceptors (Lipinski definition) is 5. The van der Waals surface area contributed by atoms with Gasteiger partial charge in [0, 0.05) is 13.7 Å². The van der Waals surface area contributed by atoms with E-state index in [1.54, 1.807) is 19.2 Å². The van der Waals surface area contributed by atoms with Crippen molar-refractivity contribution in [3.63, 3.8) is 0 Å². The van der Waals surface area contributed by atoms with Gasteiger partial charge < -0.3 is 15.2 Å². The van der Waals surface area contributed by atoms with E-state index in [1.165, 1.54) is 0 Å². The van der Waals surface area contributed by atoms with Gasteiger partial charge >= 0.3 is 5.97 Å². The second-order valence-electron chi connectivity index (χ2n) is 3.62. The van der Waals surface area contributed by atoms with Crippen molar-refractivity contribution in [2.75, 3.05) is 13.7 Å². The maximum Gasteiger partial charge on any atom is 0.323 e. The molecule has 108 valence electrons. The Balaban J connectivity index is 0.00000324.